The SMILES string of the molecule is O=C(Nc1cccc(C(=O)Nc2nnc(-c3ccc([N+](=O)[O-])cc3)o2)c1)c1ccc([N+](=O)[O-])cc1. The molecule has 0 aliphatic rings. The minimum absolute atomic E-state index is 0.0549. The van der Waals surface area contributed by atoms with Gasteiger partial charge in [-0.2, -0.15) is 0 Å². The lowest BCUT2D eigenvalue weighted by atomic mass is 10.1. The monoisotopic (exact) mass is 474 g/mol. The van der Waals surface area contributed by atoms with E-state index in [1.165, 1.54) is 60.7 Å². The number of nitro benzene ring substituents is 2. The Kier molecular flexibility index (Phi) is 6.22. The lowest BCUT2D eigenvalue weighted by Crippen LogP contribution is -2.14. The normalized spacial score (nSPS) is 10.4. The minimum atomic E-state index is -0.588. The van der Waals surface area contributed by atoms with Crippen LogP contribution in [-0.2, 0) is 0 Å². The van der Waals surface area contributed by atoms with Crippen molar-refractivity contribution in [1.82, 2.24) is 10.2 Å². The predicted octanol–water partition coefficient (Wildman–Crippen LogP) is 4.06. The van der Waals surface area contributed by atoms with Crippen molar-refractivity contribution in [2.45, 2.75) is 0 Å². The van der Waals surface area contributed by atoms with Crippen LogP contribution < -0.4 is 10.6 Å². The summed E-state index contributed by atoms with van der Waals surface area (Å²) in [5.41, 5.74) is 0.898. The summed E-state index contributed by atoms with van der Waals surface area (Å²) in [6, 6.07) is 16.4. The Hall–Kier alpha value is -5.46. The maximum absolute atomic E-state index is 12.6. The molecule has 4 aromatic rings. The van der Waals surface area contributed by atoms with Crippen LogP contribution in [0.2, 0.25) is 0 Å². The third-order valence-corrected chi connectivity index (χ3v) is 4.69. The summed E-state index contributed by atoms with van der Waals surface area (Å²) in [4.78, 5) is 45.4. The zero-order valence-corrected chi connectivity index (χ0v) is 17.6. The molecule has 0 aliphatic heterocycles. The van der Waals surface area contributed by atoms with Gasteiger partial charge in [0, 0.05) is 46.6 Å². The molecule has 3 aromatic carbocycles. The van der Waals surface area contributed by atoms with E-state index in [2.05, 4.69) is 20.8 Å². The van der Waals surface area contributed by atoms with E-state index in [-0.39, 0.29) is 34.4 Å². The minimum Gasteiger partial charge on any atom is -0.403 e. The summed E-state index contributed by atoms with van der Waals surface area (Å²) >= 11 is 0. The standard InChI is InChI=1S/C22H14N6O7/c29-19(13-4-8-17(9-5-13)27(31)32)23-16-3-1-2-15(12-16)20(30)24-22-26-25-21(35-22)14-6-10-18(11-7-14)28(33)34/h1-12H,(H,23,29)(H,24,26,30). The second kappa shape index (κ2) is 9.58. The van der Waals surface area contributed by atoms with Crippen LogP contribution in [0.3, 0.4) is 0 Å². The quantitative estimate of drug-likeness (QED) is 0.294. The van der Waals surface area contributed by atoms with Crippen molar-refractivity contribution in [3.63, 3.8) is 0 Å². The smallest absolute Gasteiger partial charge is 0.322 e. The first-order valence-corrected chi connectivity index (χ1v) is 9.86. The topological polar surface area (TPSA) is 183 Å². The van der Waals surface area contributed by atoms with Crippen molar-refractivity contribution in [1.29, 1.82) is 0 Å². The molecule has 1 aromatic heterocycles. The number of nitrogens with one attached hydrogen (secondary N) is 2. The van der Waals surface area contributed by atoms with Gasteiger partial charge in [-0.25, -0.2) is 0 Å². The molecule has 35 heavy (non-hydrogen) atoms. The zero-order valence-electron chi connectivity index (χ0n) is 17.6. The maximum Gasteiger partial charge on any atom is 0.322 e. The number of non-ortho nitro benzene ring substituents is 2. The molecule has 0 fully saturated rings. The first-order valence-electron chi connectivity index (χ1n) is 9.86. The van der Waals surface area contributed by atoms with E-state index in [0.29, 0.717) is 11.3 Å². The number of carbonyl (C=O) groups excluding carboxylic acids is 2. The second-order valence-corrected chi connectivity index (χ2v) is 7.01. The highest BCUT2D eigenvalue weighted by atomic mass is 16.6. The summed E-state index contributed by atoms with van der Waals surface area (Å²) in [5.74, 6) is -1.04. The largest absolute Gasteiger partial charge is 0.403 e. The molecule has 2 N–H and O–H groups in total. The fraction of sp³-hybridized carbons (Fsp3) is 0. The highest BCUT2D eigenvalue weighted by Crippen LogP contribution is 2.23. The van der Waals surface area contributed by atoms with E-state index >= 15 is 0 Å². The lowest BCUT2D eigenvalue weighted by Gasteiger charge is -2.07. The fourth-order valence-corrected chi connectivity index (χ4v) is 2.96. The summed E-state index contributed by atoms with van der Waals surface area (Å²) in [6.07, 6.45) is 0. The van der Waals surface area contributed by atoms with Crippen molar-refractivity contribution < 1.29 is 23.9 Å². The third kappa shape index (κ3) is 5.31. The second-order valence-electron chi connectivity index (χ2n) is 7.01. The average molecular weight is 474 g/mol. The van der Waals surface area contributed by atoms with Gasteiger partial charge in [0.1, 0.15) is 0 Å². The van der Waals surface area contributed by atoms with Gasteiger partial charge < -0.3 is 9.73 Å². The first kappa shape index (κ1) is 22.7. The number of aromatic nitrogens is 2. The molecule has 0 unspecified atom stereocenters. The molecule has 0 spiro atoms. The number of hydrogen-bond donors (Lipinski definition) is 2. The van der Waals surface area contributed by atoms with E-state index < -0.39 is 21.7 Å². The summed E-state index contributed by atoms with van der Waals surface area (Å²) in [5, 5.41) is 34.1. The van der Waals surface area contributed by atoms with E-state index in [0.717, 1.165) is 0 Å². The van der Waals surface area contributed by atoms with Crippen LogP contribution in [0.25, 0.3) is 11.5 Å². The molecule has 13 heteroatoms. The highest BCUT2D eigenvalue weighted by molar-refractivity contribution is 6.07. The summed E-state index contributed by atoms with van der Waals surface area (Å²) in [6.45, 7) is 0. The molecule has 0 saturated heterocycles. The number of benzene rings is 3. The van der Waals surface area contributed by atoms with Crippen LogP contribution in [0.1, 0.15) is 20.7 Å². The zero-order chi connectivity index (χ0) is 24.9. The molecule has 0 bridgehead atoms. The number of rotatable bonds is 7. The van der Waals surface area contributed by atoms with Crippen LogP contribution >= 0.6 is 0 Å². The molecule has 0 atom stereocenters. The van der Waals surface area contributed by atoms with Crippen LogP contribution in [0.4, 0.5) is 23.1 Å². The average Bonchev–Trinajstić information content (AvgIpc) is 3.32. The van der Waals surface area contributed by atoms with E-state index in [9.17, 15) is 29.8 Å². The van der Waals surface area contributed by atoms with Crippen LogP contribution in [-0.4, -0.2) is 31.9 Å². The maximum atomic E-state index is 12.6. The Balaban J connectivity index is 1.42. The van der Waals surface area contributed by atoms with E-state index in [1.807, 2.05) is 0 Å². The van der Waals surface area contributed by atoms with Gasteiger partial charge >= 0.3 is 6.01 Å². The number of amides is 2. The van der Waals surface area contributed by atoms with E-state index in [1.54, 1.807) is 12.1 Å². The van der Waals surface area contributed by atoms with Gasteiger partial charge in [-0.1, -0.05) is 11.2 Å². The van der Waals surface area contributed by atoms with Gasteiger partial charge in [-0.3, -0.25) is 35.1 Å². The van der Waals surface area contributed by atoms with Crippen molar-refractivity contribution in [2.75, 3.05) is 10.6 Å². The molecule has 0 aliphatic carbocycles. The van der Waals surface area contributed by atoms with Gasteiger partial charge in [0.05, 0.1) is 9.85 Å². The fourth-order valence-electron chi connectivity index (χ4n) is 2.96. The van der Waals surface area contributed by atoms with Gasteiger partial charge in [0.15, 0.2) is 0 Å². The van der Waals surface area contributed by atoms with Crippen LogP contribution in [0.5, 0.6) is 0 Å². The van der Waals surface area contributed by atoms with Crippen molar-refractivity contribution >= 4 is 34.9 Å². The first-order chi connectivity index (χ1) is 16.8. The molecule has 2 amide bonds. The molecule has 0 radical (unpaired) electrons. The van der Waals surface area contributed by atoms with Gasteiger partial charge in [0.2, 0.25) is 5.89 Å². The summed E-state index contributed by atoms with van der Waals surface area (Å²) < 4.78 is 5.40. The van der Waals surface area contributed by atoms with Crippen molar-refractivity contribution in [2.24, 2.45) is 0 Å². The Morgan fingerprint density at radius 2 is 1.34 bits per heavy atom. The predicted molar refractivity (Wildman–Crippen MR) is 122 cm³/mol. The number of nitro groups is 2. The third-order valence-electron chi connectivity index (χ3n) is 4.69. The molecule has 1 heterocycles. The molecule has 13 nitrogen and oxygen atoms in total. The number of anilines is 2. The lowest BCUT2D eigenvalue weighted by molar-refractivity contribution is -0.385. The van der Waals surface area contributed by atoms with Crippen LogP contribution in [0.15, 0.2) is 77.2 Å². The number of nitrogens with zero attached hydrogens (tertiary/aromatic N) is 4. The Labute approximate surface area is 195 Å². The highest BCUT2D eigenvalue weighted by Gasteiger charge is 2.15. The van der Waals surface area contributed by atoms with Crippen molar-refractivity contribution in [3.05, 3.63) is 104 Å². The number of carbonyl (C=O) groups is 2. The molecule has 0 saturated carbocycles. The molecular formula is C22H14N6O7. The van der Waals surface area contributed by atoms with Crippen LogP contribution in [0, 0.1) is 20.2 Å². The number of hydrogen-bond acceptors (Lipinski definition) is 9. The van der Waals surface area contributed by atoms with Gasteiger partial charge in [-0.15, -0.1) is 5.10 Å². The van der Waals surface area contributed by atoms with E-state index in [4.69, 9.17) is 4.42 Å². The Morgan fingerprint density at radius 3 is 1.97 bits per heavy atom. The van der Waals surface area contributed by atoms with Gasteiger partial charge in [-0.05, 0) is 42.5 Å². The van der Waals surface area contributed by atoms with Gasteiger partial charge in [0.25, 0.3) is 23.2 Å². The molecule has 174 valence electrons. The molecular weight excluding hydrogens is 460 g/mol. The summed E-state index contributed by atoms with van der Waals surface area (Å²) in [7, 11) is 0. The molecule has 4 rings (SSSR count). The van der Waals surface area contributed by atoms with Crippen molar-refractivity contribution in [3.8, 4) is 11.5 Å². The Bertz CT molecular complexity index is 1430. The Morgan fingerprint density at radius 1 is 0.743 bits per heavy atom.